The average molecular weight is 456 g/mol. The largest absolute Gasteiger partial charge is 0.423 e. The minimum absolute atomic E-state index is 0.161. The van der Waals surface area contributed by atoms with E-state index in [1.54, 1.807) is 18.3 Å². The van der Waals surface area contributed by atoms with E-state index in [1.165, 1.54) is 6.39 Å². The molecule has 0 saturated carbocycles. The van der Waals surface area contributed by atoms with Crippen LogP contribution < -0.4 is 16.2 Å². The van der Waals surface area contributed by atoms with Crippen molar-refractivity contribution in [1.29, 1.82) is 0 Å². The minimum Gasteiger partial charge on any atom is -0.423 e. The summed E-state index contributed by atoms with van der Waals surface area (Å²) in [5.74, 6) is 0.940. The molecule has 0 aliphatic heterocycles. The van der Waals surface area contributed by atoms with Gasteiger partial charge in [-0.25, -0.2) is 10.1 Å². The average Bonchev–Trinajstić information content (AvgIpc) is 3.40. The minimum atomic E-state index is -0.424. The van der Waals surface area contributed by atoms with Gasteiger partial charge in [-0.05, 0) is 30.7 Å². The topological polar surface area (TPSA) is 155 Å². The van der Waals surface area contributed by atoms with Gasteiger partial charge in [0.05, 0.1) is 29.3 Å². The summed E-state index contributed by atoms with van der Waals surface area (Å²) < 4.78 is 5.35. The van der Waals surface area contributed by atoms with Gasteiger partial charge < -0.3 is 20.2 Å². The number of H-pyrrole nitrogens is 1. The number of fused-ring (bicyclic) bond motifs is 1. The molecule has 0 fully saturated rings. The van der Waals surface area contributed by atoms with E-state index in [2.05, 4.69) is 41.0 Å². The lowest BCUT2D eigenvalue weighted by Crippen LogP contribution is -2.17. The molecule has 5 aromatic rings. The van der Waals surface area contributed by atoms with Crippen LogP contribution in [0.4, 0.5) is 17.5 Å². The van der Waals surface area contributed by atoms with E-state index in [0.29, 0.717) is 34.1 Å². The van der Waals surface area contributed by atoms with Gasteiger partial charge in [-0.15, -0.1) is 10.2 Å². The molecule has 4 N–H and O–H groups in total. The molecule has 0 amide bonds. The van der Waals surface area contributed by atoms with E-state index in [0.717, 1.165) is 10.9 Å². The second-order valence-electron chi connectivity index (χ2n) is 7.51. The fourth-order valence-electron chi connectivity index (χ4n) is 3.59. The van der Waals surface area contributed by atoms with Crippen molar-refractivity contribution in [3.8, 4) is 11.5 Å². The standard InChI is InChI=1S/C23H20N8O3/c1-13-17-9-15(7-8-16(17)21(33)30-29-13)26-23-24-10-18(22-31-25-12-34-22)20(28-23)27-19(11-32)14-5-3-2-4-6-14/h2-10,12,19,32H,11H2,1H3,(H,30,33)(H2,24,26,27,28)/t19-/m1/s1. The fraction of sp³-hybridized carbons (Fsp3) is 0.130. The Bertz CT molecular complexity index is 1490. The van der Waals surface area contributed by atoms with Gasteiger partial charge in [0.2, 0.25) is 12.3 Å². The Labute approximate surface area is 192 Å². The van der Waals surface area contributed by atoms with Crippen molar-refractivity contribution >= 4 is 28.2 Å². The summed E-state index contributed by atoms with van der Waals surface area (Å²) >= 11 is 0. The highest BCUT2D eigenvalue weighted by molar-refractivity contribution is 5.87. The van der Waals surface area contributed by atoms with Crippen LogP contribution in [0, 0.1) is 6.92 Å². The number of anilines is 3. The molecule has 170 valence electrons. The molecule has 1 atom stereocenters. The van der Waals surface area contributed by atoms with E-state index < -0.39 is 6.04 Å². The van der Waals surface area contributed by atoms with Gasteiger partial charge in [0.25, 0.3) is 11.4 Å². The first-order valence-corrected chi connectivity index (χ1v) is 10.4. The lowest BCUT2D eigenvalue weighted by atomic mass is 10.1. The van der Waals surface area contributed by atoms with E-state index >= 15 is 0 Å². The number of aliphatic hydroxyl groups excluding tert-OH is 1. The van der Waals surface area contributed by atoms with Crippen LogP contribution in [0.3, 0.4) is 0 Å². The summed E-state index contributed by atoms with van der Waals surface area (Å²) in [6.45, 7) is 1.66. The highest BCUT2D eigenvalue weighted by atomic mass is 16.4. The SMILES string of the molecule is Cc1n[nH]c(=O)c2ccc(Nc3ncc(-c4nnco4)c(N[C@H](CO)c4ccccc4)n3)cc12. The number of aryl methyl sites for hydroxylation is 1. The van der Waals surface area contributed by atoms with Crippen molar-refractivity contribution in [3.63, 3.8) is 0 Å². The molecule has 3 aromatic heterocycles. The molecule has 34 heavy (non-hydrogen) atoms. The zero-order valence-electron chi connectivity index (χ0n) is 18.1. The molecule has 11 heteroatoms. The predicted molar refractivity (Wildman–Crippen MR) is 126 cm³/mol. The summed E-state index contributed by atoms with van der Waals surface area (Å²) in [5.41, 5.74) is 2.50. The third kappa shape index (κ3) is 4.19. The molecule has 0 unspecified atom stereocenters. The quantitative estimate of drug-likeness (QED) is 0.287. The zero-order chi connectivity index (χ0) is 23.5. The van der Waals surface area contributed by atoms with Crippen molar-refractivity contribution in [2.45, 2.75) is 13.0 Å². The molecule has 11 nitrogen and oxygen atoms in total. The number of hydrogen-bond donors (Lipinski definition) is 4. The lowest BCUT2D eigenvalue weighted by molar-refractivity contribution is 0.276. The molecule has 0 radical (unpaired) electrons. The maximum absolute atomic E-state index is 12.0. The Hall–Kier alpha value is -4.64. The monoisotopic (exact) mass is 456 g/mol. The molecule has 0 aliphatic rings. The van der Waals surface area contributed by atoms with Crippen LogP contribution in [0.2, 0.25) is 0 Å². The maximum Gasteiger partial charge on any atom is 0.272 e. The molecule has 0 saturated heterocycles. The van der Waals surface area contributed by atoms with Crippen LogP contribution in [0.15, 0.2) is 70.3 Å². The van der Waals surface area contributed by atoms with Crippen LogP contribution in [-0.2, 0) is 0 Å². The molecule has 5 rings (SSSR count). The fourth-order valence-corrected chi connectivity index (χ4v) is 3.59. The highest BCUT2D eigenvalue weighted by Gasteiger charge is 2.18. The number of aromatic amines is 1. The molecular formula is C23H20N8O3. The number of rotatable bonds is 7. The van der Waals surface area contributed by atoms with Crippen molar-refractivity contribution in [1.82, 2.24) is 30.4 Å². The Balaban J connectivity index is 1.51. The van der Waals surface area contributed by atoms with E-state index in [9.17, 15) is 9.90 Å². The first kappa shape index (κ1) is 21.2. The van der Waals surface area contributed by atoms with Crippen LogP contribution >= 0.6 is 0 Å². The van der Waals surface area contributed by atoms with Crippen LogP contribution in [0.25, 0.3) is 22.2 Å². The predicted octanol–water partition coefficient (Wildman–Crippen LogP) is 2.96. The smallest absolute Gasteiger partial charge is 0.272 e. The van der Waals surface area contributed by atoms with E-state index in [1.807, 2.05) is 43.3 Å². The first-order valence-electron chi connectivity index (χ1n) is 10.4. The summed E-state index contributed by atoms with van der Waals surface area (Å²) in [6.07, 6.45) is 2.78. The van der Waals surface area contributed by atoms with E-state index in [-0.39, 0.29) is 18.1 Å². The zero-order valence-corrected chi connectivity index (χ0v) is 18.1. The van der Waals surface area contributed by atoms with Gasteiger partial charge in [-0.2, -0.15) is 10.1 Å². The number of aliphatic hydroxyl groups is 1. The molecule has 0 spiro atoms. The van der Waals surface area contributed by atoms with Crippen molar-refractivity contribution in [2.24, 2.45) is 0 Å². The summed E-state index contributed by atoms with van der Waals surface area (Å²) in [7, 11) is 0. The Morgan fingerprint density at radius 1 is 1.15 bits per heavy atom. The highest BCUT2D eigenvalue weighted by Crippen LogP contribution is 2.29. The number of benzene rings is 2. The number of aromatic nitrogens is 6. The van der Waals surface area contributed by atoms with Crippen molar-refractivity contribution in [3.05, 3.63) is 82.7 Å². The van der Waals surface area contributed by atoms with Crippen LogP contribution in [0.5, 0.6) is 0 Å². The summed E-state index contributed by atoms with van der Waals surface area (Å²) in [6, 6.07) is 14.4. The number of nitrogens with one attached hydrogen (secondary N) is 3. The van der Waals surface area contributed by atoms with Gasteiger partial charge >= 0.3 is 0 Å². The van der Waals surface area contributed by atoms with Gasteiger partial charge in [-0.3, -0.25) is 4.79 Å². The van der Waals surface area contributed by atoms with Crippen LogP contribution in [-0.4, -0.2) is 42.1 Å². The molecule has 0 bridgehead atoms. The van der Waals surface area contributed by atoms with Gasteiger partial charge in [-0.1, -0.05) is 30.3 Å². The molecule has 2 aromatic carbocycles. The third-order valence-electron chi connectivity index (χ3n) is 5.31. The third-order valence-corrected chi connectivity index (χ3v) is 5.31. The Kier molecular flexibility index (Phi) is 5.67. The molecule has 0 aliphatic carbocycles. The summed E-state index contributed by atoms with van der Waals surface area (Å²) in [4.78, 5) is 21.0. The van der Waals surface area contributed by atoms with E-state index in [4.69, 9.17) is 4.42 Å². The second-order valence-corrected chi connectivity index (χ2v) is 7.51. The Morgan fingerprint density at radius 3 is 2.76 bits per heavy atom. The normalized spacial score (nSPS) is 11.9. The molecular weight excluding hydrogens is 436 g/mol. The number of nitrogens with zero attached hydrogens (tertiary/aromatic N) is 5. The maximum atomic E-state index is 12.0. The van der Waals surface area contributed by atoms with Gasteiger partial charge in [0, 0.05) is 17.3 Å². The first-order chi connectivity index (χ1) is 16.6. The van der Waals surface area contributed by atoms with Gasteiger partial charge in [0.1, 0.15) is 5.82 Å². The van der Waals surface area contributed by atoms with Crippen LogP contribution in [0.1, 0.15) is 17.3 Å². The van der Waals surface area contributed by atoms with Crippen molar-refractivity contribution in [2.75, 3.05) is 17.2 Å². The molecule has 3 heterocycles. The summed E-state index contributed by atoms with van der Waals surface area (Å²) in [5, 5.41) is 31.9. The number of hydrogen-bond acceptors (Lipinski definition) is 10. The second kappa shape index (κ2) is 9.08. The van der Waals surface area contributed by atoms with Gasteiger partial charge in [0.15, 0.2) is 0 Å². The van der Waals surface area contributed by atoms with Crippen molar-refractivity contribution < 1.29 is 9.52 Å². The lowest BCUT2D eigenvalue weighted by Gasteiger charge is -2.19. The Morgan fingerprint density at radius 2 is 2.00 bits per heavy atom.